The number of nitrogens with zero attached hydrogens (tertiary/aromatic N) is 1. The monoisotopic (exact) mass is 305 g/mol. The molecule has 0 spiro atoms. The molecule has 0 aliphatic rings. The highest BCUT2D eigenvalue weighted by molar-refractivity contribution is 5.80. The third kappa shape index (κ3) is 4.40. The van der Waals surface area contributed by atoms with Crippen molar-refractivity contribution in [1.29, 1.82) is 0 Å². The Labute approximate surface area is 130 Å². The molecule has 0 saturated carbocycles. The summed E-state index contributed by atoms with van der Waals surface area (Å²) in [5.41, 5.74) is 2.37. The fourth-order valence-electron chi connectivity index (χ4n) is 2.42. The number of hydrogen-bond donors (Lipinski definition) is 0. The molecule has 2 aromatic rings. The molecule has 0 fully saturated rings. The first kappa shape index (κ1) is 16.7. The van der Waals surface area contributed by atoms with Gasteiger partial charge in [-0.3, -0.25) is 4.90 Å². The summed E-state index contributed by atoms with van der Waals surface area (Å²) in [4.78, 5) is 14.0. The average molecular weight is 305 g/mol. The van der Waals surface area contributed by atoms with E-state index >= 15 is 0 Å². The molecule has 1 heterocycles. The molecule has 0 radical (unpaired) electrons. The lowest BCUT2D eigenvalue weighted by atomic mass is 10.1. The number of rotatable bonds is 8. The van der Waals surface area contributed by atoms with E-state index in [9.17, 15) is 4.79 Å². The predicted octanol–water partition coefficient (Wildman–Crippen LogP) is 2.20. The maximum Gasteiger partial charge on any atom is 0.336 e. The lowest BCUT2D eigenvalue weighted by molar-refractivity contribution is 0.110. The third-order valence-electron chi connectivity index (χ3n) is 3.60. The van der Waals surface area contributed by atoms with Crippen molar-refractivity contribution in [3.05, 3.63) is 45.8 Å². The number of methoxy groups -OCH3 is 2. The number of hydrogen-bond acceptors (Lipinski definition) is 5. The van der Waals surface area contributed by atoms with Gasteiger partial charge in [0.25, 0.3) is 0 Å². The van der Waals surface area contributed by atoms with E-state index in [-0.39, 0.29) is 5.63 Å². The van der Waals surface area contributed by atoms with Gasteiger partial charge in [0.1, 0.15) is 5.58 Å². The fraction of sp³-hybridized carbons (Fsp3) is 0.471. The first-order valence-corrected chi connectivity index (χ1v) is 7.37. The minimum Gasteiger partial charge on any atom is -0.423 e. The van der Waals surface area contributed by atoms with E-state index in [0.29, 0.717) is 25.3 Å². The van der Waals surface area contributed by atoms with Gasteiger partial charge in [-0.2, -0.15) is 0 Å². The summed E-state index contributed by atoms with van der Waals surface area (Å²) in [5.74, 6) is 0. The zero-order valence-electron chi connectivity index (χ0n) is 13.4. The molecule has 5 heteroatoms. The zero-order valence-corrected chi connectivity index (χ0v) is 13.4. The van der Waals surface area contributed by atoms with Crippen molar-refractivity contribution in [2.75, 3.05) is 40.5 Å². The second-order valence-corrected chi connectivity index (χ2v) is 5.35. The largest absolute Gasteiger partial charge is 0.423 e. The average Bonchev–Trinajstić information content (AvgIpc) is 2.49. The van der Waals surface area contributed by atoms with Crippen LogP contribution in [0.25, 0.3) is 11.0 Å². The highest BCUT2D eigenvalue weighted by Crippen LogP contribution is 2.19. The van der Waals surface area contributed by atoms with E-state index < -0.39 is 0 Å². The van der Waals surface area contributed by atoms with Crippen molar-refractivity contribution < 1.29 is 13.9 Å². The van der Waals surface area contributed by atoms with Gasteiger partial charge < -0.3 is 13.9 Å². The first-order valence-electron chi connectivity index (χ1n) is 7.37. The third-order valence-corrected chi connectivity index (χ3v) is 3.60. The molecule has 0 N–H and O–H groups in total. The van der Waals surface area contributed by atoms with Crippen LogP contribution in [0.3, 0.4) is 0 Å². The molecule has 120 valence electrons. The molecule has 0 amide bonds. The fourth-order valence-corrected chi connectivity index (χ4v) is 2.42. The van der Waals surface area contributed by atoms with Crippen LogP contribution in [-0.2, 0) is 16.0 Å². The van der Waals surface area contributed by atoms with Crippen LogP contribution in [-0.4, -0.2) is 45.4 Å². The summed E-state index contributed by atoms with van der Waals surface area (Å²) in [6.07, 6.45) is 0. The summed E-state index contributed by atoms with van der Waals surface area (Å²) in [5, 5.41) is 0.977. The lowest BCUT2D eigenvalue weighted by Gasteiger charge is -2.22. The summed E-state index contributed by atoms with van der Waals surface area (Å²) in [6.45, 7) is 5.50. The van der Waals surface area contributed by atoms with E-state index in [0.717, 1.165) is 29.6 Å². The Morgan fingerprint density at radius 3 is 2.41 bits per heavy atom. The van der Waals surface area contributed by atoms with Crippen LogP contribution in [0.5, 0.6) is 0 Å². The Morgan fingerprint density at radius 1 is 1.09 bits per heavy atom. The Bertz CT molecular complexity index is 657. The van der Waals surface area contributed by atoms with Gasteiger partial charge in [-0.05, 0) is 24.1 Å². The molecule has 0 unspecified atom stereocenters. The van der Waals surface area contributed by atoms with Crippen LogP contribution in [0.15, 0.2) is 33.5 Å². The van der Waals surface area contributed by atoms with Gasteiger partial charge in [-0.25, -0.2) is 4.79 Å². The second kappa shape index (κ2) is 8.08. The van der Waals surface area contributed by atoms with Crippen molar-refractivity contribution in [3.63, 3.8) is 0 Å². The Morgan fingerprint density at radius 2 is 1.77 bits per heavy atom. The Hall–Kier alpha value is -1.69. The second-order valence-electron chi connectivity index (χ2n) is 5.35. The minimum atomic E-state index is -0.313. The van der Waals surface area contributed by atoms with Crippen LogP contribution >= 0.6 is 0 Å². The highest BCUT2D eigenvalue weighted by Gasteiger charge is 2.11. The first-order chi connectivity index (χ1) is 10.6. The van der Waals surface area contributed by atoms with Gasteiger partial charge in [-0.1, -0.05) is 12.1 Å². The van der Waals surface area contributed by atoms with Crippen LogP contribution in [0, 0.1) is 6.92 Å². The Balaban J connectivity index is 2.29. The highest BCUT2D eigenvalue weighted by atomic mass is 16.5. The van der Waals surface area contributed by atoms with Gasteiger partial charge in [0, 0.05) is 45.3 Å². The van der Waals surface area contributed by atoms with E-state index in [1.54, 1.807) is 20.3 Å². The van der Waals surface area contributed by atoms with Gasteiger partial charge >= 0.3 is 5.63 Å². The summed E-state index contributed by atoms with van der Waals surface area (Å²) >= 11 is 0. The topological polar surface area (TPSA) is 51.9 Å². The molecular weight excluding hydrogens is 282 g/mol. The van der Waals surface area contributed by atoms with Gasteiger partial charge in [0.05, 0.1) is 13.2 Å². The minimum absolute atomic E-state index is 0.313. The quantitative estimate of drug-likeness (QED) is 0.700. The van der Waals surface area contributed by atoms with Crippen LogP contribution in [0.1, 0.15) is 11.1 Å². The van der Waals surface area contributed by atoms with Crippen molar-refractivity contribution in [2.24, 2.45) is 0 Å². The predicted molar refractivity (Wildman–Crippen MR) is 86.3 cm³/mol. The number of aryl methyl sites for hydroxylation is 1. The maximum absolute atomic E-state index is 11.8. The summed E-state index contributed by atoms with van der Waals surface area (Å²) in [7, 11) is 3.37. The summed E-state index contributed by atoms with van der Waals surface area (Å²) < 4.78 is 15.6. The van der Waals surface area contributed by atoms with E-state index in [1.807, 2.05) is 25.1 Å². The number of benzene rings is 1. The van der Waals surface area contributed by atoms with Gasteiger partial charge in [-0.15, -0.1) is 0 Å². The van der Waals surface area contributed by atoms with E-state index in [2.05, 4.69) is 4.90 Å². The molecule has 0 saturated heterocycles. The van der Waals surface area contributed by atoms with Crippen molar-refractivity contribution in [2.45, 2.75) is 13.5 Å². The molecule has 5 nitrogen and oxygen atoms in total. The lowest BCUT2D eigenvalue weighted by Crippen LogP contribution is -2.30. The van der Waals surface area contributed by atoms with Gasteiger partial charge in [0.15, 0.2) is 0 Å². The van der Waals surface area contributed by atoms with E-state index in [1.165, 1.54) is 0 Å². The zero-order chi connectivity index (χ0) is 15.9. The standard InChI is InChI=1S/C17H23NO4/c1-13-4-5-15-14(11-17(19)22-16(15)10-13)12-18(6-8-20-2)7-9-21-3/h4-5,10-11H,6-9,12H2,1-3H3. The normalized spacial score (nSPS) is 11.5. The van der Waals surface area contributed by atoms with Crippen molar-refractivity contribution in [1.82, 2.24) is 4.90 Å². The van der Waals surface area contributed by atoms with Crippen molar-refractivity contribution >= 4 is 11.0 Å². The van der Waals surface area contributed by atoms with Crippen molar-refractivity contribution in [3.8, 4) is 0 Å². The van der Waals surface area contributed by atoms with E-state index in [4.69, 9.17) is 13.9 Å². The van der Waals surface area contributed by atoms with Crippen LogP contribution in [0.2, 0.25) is 0 Å². The number of ether oxygens (including phenoxy) is 2. The van der Waals surface area contributed by atoms with Gasteiger partial charge in [0.2, 0.25) is 0 Å². The molecule has 2 rings (SSSR count). The molecule has 1 aromatic heterocycles. The molecule has 0 bridgehead atoms. The van der Waals surface area contributed by atoms with Crippen LogP contribution in [0.4, 0.5) is 0 Å². The SMILES string of the molecule is COCCN(CCOC)Cc1cc(=O)oc2cc(C)ccc12. The number of fused-ring (bicyclic) bond motifs is 1. The maximum atomic E-state index is 11.8. The van der Waals surface area contributed by atoms with Crippen LogP contribution < -0.4 is 5.63 Å². The molecule has 0 atom stereocenters. The molecule has 22 heavy (non-hydrogen) atoms. The summed E-state index contributed by atoms with van der Waals surface area (Å²) in [6, 6.07) is 7.51. The molecule has 1 aromatic carbocycles. The Kier molecular flexibility index (Phi) is 6.12. The smallest absolute Gasteiger partial charge is 0.336 e. The molecule has 0 aliphatic carbocycles. The molecule has 0 aliphatic heterocycles. The molecular formula is C17H23NO4.